The number of aliphatic hydroxyl groups is 1. The summed E-state index contributed by atoms with van der Waals surface area (Å²) in [4.78, 5) is 24.1. The van der Waals surface area contributed by atoms with Gasteiger partial charge in [-0.05, 0) is 67.8 Å². The Balaban J connectivity index is 2.06. The molecule has 0 radical (unpaired) electrons. The molecule has 5 heteroatoms. The monoisotopic (exact) mass is 498 g/mol. The van der Waals surface area contributed by atoms with Crippen molar-refractivity contribution in [3.63, 3.8) is 0 Å². The van der Waals surface area contributed by atoms with E-state index in [1.807, 2.05) is 6.92 Å². The van der Waals surface area contributed by atoms with Gasteiger partial charge < -0.3 is 15.3 Å². The molecule has 7 atom stereocenters. The highest BCUT2D eigenvalue weighted by atomic mass is 16.4. The van der Waals surface area contributed by atoms with Gasteiger partial charge in [-0.2, -0.15) is 0 Å². The molecular weight excluding hydrogens is 452 g/mol. The predicted octanol–water partition coefficient (Wildman–Crippen LogP) is 6.80. The largest absolute Gasteiger partial charge is 0.481 e. The van der Waals surface area contributed by atoms with Crippen LogP contribution < -0.4 is 0 Å². The van der Waals surface area contributed by atoms with Crippen molar-refractivity contribution in [2.45, 2.75) is 92.6 Å². The minimum Gasteiger partial charge on any atom is -0.481 e. The summed E-state index contributed by atoms with van der Waals surface area (Å²) < 4.78 is 0. The third-order valence-electron chi connectivity index (χ3n) is 10.4. The van der Waals surface area contributed by atoms with Gasteiger partial charge in [-0.1, -0.05) is 76.6 Å². The number of carboxylic acids is 2. The van der Waals surface area contributed by atoms with E-state index in [-0.39, 0.29) is 29.1 Å². The van der Waals surface area contributed by atoms with Gasteiger partial charge in [-0.3, -0.25) is 9.59 Å². The van der Waals surface area contributed by atoms with Crippen LogP contribution in [0.25, 0.3) is 0 Å². The van der Waals surface area contributed by atoms with Crippen LogP contribution in [-0.4, -0.2) is 33.4 Å². The van der Waals surface area contributed by atoms with Gasteiger partial charge in [-0.15, -0.1) is 0 Å². The lowest BCUT2D eigenvalue weighted by molar-refractivity contribution is -0.148. The van der Waals surface area contributed by atoms with E-state index in [2.05, 4.69) is 59.9 Å². The molecule has 0 saturated heterocycles. The fourth-order valence-electron chi connectivity index (χ4n) is 7.93. The number of aliphatic carboxylic acids is 2. The first kappa shape index (κ1) is 28.4. The van der Waals surface area contributed by atoms with Gasteiger partial charge in [0, 0.05) is 23.7 Å². The predicted molar refractivity (Wildman–Crippen MR) is 143 cm³/mol. The van der Waals surface area contributed by atoms with Gasteiger partial charge in [0.25, 0.3) is 0 Å². The average Bonchev–Trinajstić information content (AvgIpc) is 2.98. The molecule has 0 heterocycles. The summed E-state index contributed by atoms with van der Waals surface area (Å²) in [6.07, 6.45) is 7.44. The second-order valence-corrected chi connectivity index (χ2v) is 12.7. The molecule has 5 nitrogen and oxygen atoms in total. The van der Waals surface area contributed by atoms with Crippen molar-refractivity contribution in [3.05, 3.63) is 47.6 Å². The van der Waals surface area contributed by atoms with E-state index in [9.17, 15) is 24.9 Å². The Morgan fingerprint density at radius 1 is 1.14 bits per heavy atom. The van der Waals surface area contributed by atoms with Crippen LogP contribution in [0.5, 0.6) is 0 Å². The standard InChI is InChI=1S/C31H46O5/c1-18(2)20(5)9-10-21(28(35)36)27-25(32)17-31(8)24-12-11-22(19(3)4)29(6,15-14-26(33)34)23(24)13-16-30(27,31)7/h11-12,18,21-22,25,27,32H,3,5,9-10,13-17H2,1-2,4,6-8H3,(H,33,34)(H,35,36)/t21?,22-,25+,27-,29-,30+,31-/m0/s1. The molecule has 0 aliphatic heterocycles. The normalized spacial score (nSPS) is 36.4. The van der Waals surface area contributed by atoms with Gasteiger partial charge >= 0.3 is 11.9 Å². The second kappa shape index (κ2) is 9.96. The molecule has 1 fully saturated rings. The lowest BCUT2D eigenvalue weighted by Crippen LogP contribution is -2.48. The molecule has 0 aromatic carbocycles. The molecule has 0 spiro atoms. The number of carbonyl (C=O) groups is 2. The Bertz CT molecular complexity index is 1000. The summed E-state index contributed by atoms with van der Waals surface area (Å²) in [5.74, 6) is -2.28. The van der Waals surface area contributed by atoms with Crippen molar-refractivity contribution in [3.8, 4) is 0 Å². The number of hydrogen-bond acceptors (Lipinski definition) is 3. The molecule has 0 bridgehead atoms. The van der Waals surface area contributed by atoms with Crippen LogP contribution >= 0.6 is 0 Å². The van der Waals surface area contributed by atoms with Crippen LogP contribution in [0.4, 0.5) is 0 Å². The zero-order valence-electron chi connectivity index (χ0n) is 23.1. The Morgan fingerprint density at radius 2 is 1.78 bits per heavy atom. The minimum absolute atomic E-state index is 0.0551. The number of carboxylic acid groups (broad SMARTS) is 2. The summed E-state index contributed by atoms with van der Waals surface area (Å²) in [7, 11) is 0. The maximum Gasteiger partial charge on any atom is 0.306 e. The molecule has 36 heavy (non-hydrogen) atoms. The average molecular weight is 499 g/mol. The molecular formula is C31H46O5. The molecule has 3 aliphatic carbocycles. The highest BCUT2D eigenvalue weighted by Crippen LogP contribution is 2.70. The molecule has 200 valence electrons. The number of hydrogen-bond donors (Lipinski definition) is 3. The van der Waals surface area contributed by atoms with Crippen LogP contribution in [0.2, 0.25) is 0 Å². The minimum atomic E-state index is -0.839. The Hall–Kier alpha value is -2.14. The van der Waals surface area contributed by atoms with Gasteiger partial charge in [0.15, 0.2) is 0 Å². The second-order valence-electron chi connectivity index (χ2n) is 12.7. The smallest absolute Gasteiger partial charge is 0.306 e. The quantitative estimate of drug-likeness (QED) is 0.288. The van der Waals surface area contributed by atoms with E-state index in [1.165, 1.54) is 11.1 Å². The van der Waals surface area contributed by atoms with Crippen LogP contribution in [-0.2, 0) is 9.59 Å². The SMILES string of the molecule is C=C(CCC(C(=O)O)[C@H]1[C@H](O)C[C@@]2(C)C3=C(CC[C@]12C)[C@@](C)(CCC(=O)O)[C@H](C(=C)C)C=C3)C(C)C. The summed E-state index contributed by atoms with van der Waals surface area (Å²) in [6.45, 7) is 21.1. The number of allylic oxidation sites excluding steroid dienone is 6. The summed E-state index contributed by atoms with van der Waals surface area (Å²) >= 11 is 0. The fraction of sp³-hybridized carbons (Fsp3) is 0.677. The van der Waals surface area contributed by atoms with Crippen molar-refractivity contribution in [1.29, 1.82) is 0 Å². The molecule has 3 N–H and O–H groups in total. The number of rotatable bonds is 10. The fourth-order valence-corrected chi connectivity index (χ4v) is 7.93. The lowest BCUT2D eigenvalue weighted by Gasteiger charge is -2.55. The van der Waals surface area contributed by atoms with E-state index in [0.29, 0.717) is 31.6 Å². The highest BCUT2D eigenvalue weighted by molar-refractivity contribution is 5.71. The third-order valence-corrected chi connectivity index (χ3v) is 10.4. The topological polar surface area (TPSA) is 94.8 Å². The van der Waals surface area contributed by atoms with Gasteiger partial charge in [0.1, 0.15) is 0 Å². The summed E-state index contributed by atoms with van der Waals surface area (Å²) in [6, 6.07) is 0. The molecule has 0 aromatic heterocycles. The molecule has 0 amide bonds. The number of fused-ring (bicyclic) bond motifs is 2. The van der Waals surface area contributed by atoms with Crippen LogP contribution in [0.3, 0.4) is 0 Å². The van der Waals surface area contributed by atoms with Crippen molar-refractivity contribution >= 4 is 11.9 Å². The molecule has 3 aliphatic rings. The zero-order chi connectivity index (χ0) is 27.2. The van der Waals surface area contributed by atoms with Gasteiger partial charge in [0.05, 0.1) is 12.0 Å². The Labute approximate surface area is 217 Å². The van der Waals surface area contributed by atoms with Crippen LogP contribution in [0.1, 0.15) is 86.5 Å². The van der Waals surface area contributed by atoms with Crippen LogP contribution in [0.15, 0.2) is 47.6 Å². The van der Waals surface area contributed by atoms with Crippen molar-refractivity contribution < 1.29 is 24.9 Å². The molecule has 1 saturated carbocycles. The maximum atomic E-state index is 12.6. The first-order valence-corrected chi connectivity index (χ1v) is 13.5. The van der Waals surface area contributed by atoms with E-state index in [1.54, 1.807) is 0 Å². The lowest BCUT2D eigenvalue weighted by atomic mass is 9.48. The van der Waals surface area contributed by atoms with Crippen molar-refractivity contribution in [1.82, 2.24) is 0 Å². The maximum absolute atomic E-state index is 12.6. The Morgan fingerprint density at radius 3 is 2.31 bits per heavy atom. The number of aliphatic hydroxyl groups excluding tert-OH is 1. The summed E-state index contributed by atoms with van der Waals surface area (Å²) in [5, 5.41) is 31.2. The van der Waals surface area contributed by atoms with Crippen LogP contribution in [0, 0.1) is 39.9 Å². The molecule has 3 rings (SSSR count). The van der Waals surface area contributed by atoms with Gasteiger partial charge in [0.2, 0.25) is 0 Å². The summed E-state index contributed by atoms with van der Waals surface area (Å²) in [5.41, 5.74) is 3.38. The molecule has 0 aromatic rings. The van der Waals surface area contributed by atoms with Gasteiger partial charge in [-0.25, -0.2) is 0 Å². The zero-order valence-corrected chi connectivity index (χ0v) is 23.1. The van der Waals surface area contributed by atoms with E-state index in [4.69, 9.17) is 0 Å². The van der Waals surface area contributed by atoms with E-state index >= 15 is 0 Å². The van der Waals surface area contributed by atoms with Crippen molar-refractivity contribution in [2.75, 3.05) is 0 Å². The first-order valence-electron chi connectivity index (χ1n) is 13.5. The van der Waals surface area contributed by atoms with E-state index in [0.717, 1.165) is 24.0 Å². The first-order chi connectivity index (χ1) is 16.6. The highest BCUT2D eigenvalue weighted by Gasteiger charge is 2.65. The van der Waals surface area contributed by atoms with Crippen molar-refractivity contribution in [2.24, 2.45) is 39.9 Å². The Kier molecular flexibility index (Phi) is 7.87. The van der Waals surface area contributed by atoms with E-state index < -0.39 is 29.4 Å². The molecule has 1 unspecified atom stereocenters. The third kappa shape index (κ3) is 4.53.